The first-order valence-electron chi connectivity index (χ1n) is 5.91. The van der Waals surface area contributed by atoms with Gasteiger partial charge in [-0.3, -0.25) is 4.79 Å². The number of hydrogen-bond donors (Lipinski definition) is 1. The third kappa shape index (κ3) is 2.93. The molecule has 1 aliphatic rings. The topological polar surface area (TPSA) is 62.4 Å². The van der Waals surface area contributed by atoms with Crippen LogP contribution in [0.1, 0.15) is 30.3 Å². The SMILES string of the molecule is C[C@@H](OC(=O)c1cc(Br)c[nH]1)C(=O)N1CCCC1. The van der Waals surface area contributed by atoms with E-state index in [1.165, 1.54) is 0 Å². The molecule has 0 aromatic carbocycles. The molecule has 1 amide bonds. The molecule has 1 aromatic rings. The zero-order valence-corrected chi connectivity index (χ0v) is 11.7. The first-order valence-corrected chi connectivity index (χ1v) is 6.71. The predicted molar refractivity (Wildman–Crippen MR) is 69.2 cm³/mol. The largest absolute Gasteiger partial charge is 0.448 e. The molecule has 1 aliphatic heterocycles. The van der Waals surface area contributed by atoms with Crippen molar-refractivity contribution in [3.05, 3.63) is 22.4 Å². The van der Waals surface area contributed by atoms with Crippen LogP contribution in [0, 0.1) is 0 Å². The van der Waals surface area contributed by atoms with Crippen LogP contribution in [0.15, 0.2) is 16.7 Å². The van der Waals surface area contributed by atoms with Crippen molar-refractivity contribution in [2.75, 3.05) is 13.1 Å². The molecule has 98 valence electrons. The number of ether oxygens (including phenoxy) is 1. The quantitative estimate of drug-likeness (QED) is 0.867. The fourth-order valence-electron chi connectivity index (χ4n) is 1.95. The summed E-state index contributed by atoms with van der Waals surface area (Å²) in [4.78, 5) is 28.2. The van der Waals surface area contributed by atoms with Gasteiger partial charge in [0.05, 0.1) is 0 Å². The average molecular weight is 315 g/mol. The molecule has 5 nitrogen and oxygen atoms in total. The maximum Gasteiger partial charge on any atom is 0.355 e. The van der Waals surface area contributed by atoms with Gasteiger partial charge in [0.1, 0.15) is 5.69 Å². The van der Waals surface area contributed by atoms with E-state index in [2.05, 4.69) is 20.9 Å². The molecule has 18 heavy (non-hydrogen) atoms. The lowest BCUT2D eigenvalue weighted by molar-refractivity contribution is -0.138. The van der Waals surface area contributed by atoms with Gasteiger partial charge in [-0.1, -0.05) is 0 Å². The molecule has 0 spiro atoms. The number of aromatic amines is 1. The maximum absolute atomic E-state index is 11.9. The standard InChI is InChI=1S/C12H15BrN2O3/c1-8(11(16)15-4-2-3-5-15)18-12(17)10-6-9(13)7-14-10/h6-8,14H,2-5H2,1H3/t8-/m1/s1. The molecule has 0 bridgehead atoms. The predicted octanol–water partition coefficient (Wildman–Crippen LogP) is 1.94. The number of hydrogen-bond acceptors (Lipinski definition) is 3. The molecular formula is C12H15BrN2O3. The number of H-pyrrole nitrogens is 1. The minimum absolute atomic E-state index is 0.119. The number of carbonyl (C=O) groups excluding carboxylic acids is 2. The van der Waals surface area contributed by atoms with E-state index >= 15 is 0 Å². The lowest BCUT2D eigenvalue weighted by atomic mass is 10.3. The molecule has 0 radical (unpaired) electrons. The fourth-order valence-corrected chi connectivity index (χ4v) is 2.30. The molecule has 1 atom stereocenters. The van der Waals surface area contributed by atoms with Gasteiger partial charge >= 0.3 is 5.97 Å². The number of esters is 1. The Bertz CT molecular complexity index is 452. The Morgan fingerprint density at radius 3 is 2.67 bits per heavy atom. The van der Waals surface area contributed by atoms with Crippen molar-refractivity contribution in [3.63, 3.8) is 0 Å². The number of carbonyl (C=O) groups is 2. The second-order valence-corrected chi connectivity index (χ2v) is 5.23. The zero-order valence-electron chi connectivity index (χ0n) is 10.1. The Morgan fingerprint density at radius 1 is 1.44 bits per heavy atom. The van der Waals surface area contributed by atoms with Gasteiger partial charge in [-0.05, 0) is 41.8 Å². The monoisotopic (exact) mass is 314 g/mol. The normalized spacial score (nSPS) is 16.7. The average Bonchev–Trinajstić information content (AvgIpc) is 2.98. The van der Waals surface area contributed by atoms with E-state index in [9.17, 15) is 9.59 Å². The third-order valence-electron chi connectivity index (χ3n) is 2.92. The number of likely N-dealkylation sites (tertiary alicyclic amines) is 1. The second-order valence-electron chi connectivity index (χ2n) is 4.31. The molecule has 6 heteroatoms. The van der Waals surface area contributed by atoms with Crippen LogP contribution in [-0.2, 0) is 9.53 Å². The Morgan fingerprint density at radius 2 is 2.11 bits per heavy atom. The highest BCUT2D eigenvalue weighted by atomic mass is 79.9. The van der Waals surface area contributed by atoms with Crippen LogP contribution in [0.2, 0.25) is 0 Å². The first kappa shape index (κ1) is 13.1. The van der Waals surface area contributed by atoms with Crippen molar-refractivity contribution in [1.82, 2.24) is 9.88 Å². The van der Waals surface area contributed by atoms with Gasteiger partial charge in [0.2, 0.25) is 0 Å². The second kappa shape index (κ2) is 5.56. The lowest BCUT2D eigenvalue weighted by Gasteiger charge is -2.20. The maximum atomic E-state index is 11.9. The minimum atomic E-state index is -0.738. The van der Waals surface area contributed by atoms with Crippen molar-refractivity contribution in [1.29, 1.82) is 0 Å². The van der Waals surface area contributed by atoms with Crippen LogP contribution in [-0.4, -0.2) is 41.0 Å². The summed E-state index contributed by atoms with van der Waals surface area (Å²) in [7, 11) is 0. The van der Waals surface area contributed by atoms with Crippen molar-refractivity contribution in [2.24, 2.45) is 0 Å². The van der Waals surface area contributed by atoms with Crippen LogP contribution >= 0.6 is 15.9 Å². The van der Waals surface area contributed by atoms with Gasteiger partial charge in [-0.25, -0.2) is 4.79 Å². The van der Waals surface area contributed by atoms with Gasteiger partial charge in [0.15, 0.2) is 6.10 Å². The van der Waals surface area contributed by atoms with Crippen LogP contribution < -0.4 is 0 Å². The molecule has 0 unspecified atom stereocenters. The summed E-state index contributed by atoms with van der Waals surface area (Å²) >= 11 is 3.24. The van der Waals surface area contributed by atoms with Crippen molar-refractivity contribution in [2.45, 2.75) is 25.9 Å². The van der Waals surface area contributed by atoms with E-state index in [1.807, 2.05) is 0 Å². The number of nitrogens with one attached hydrogen (secondary N) is 1. The van der Waals surface area contributed by atoms with Gasteiger partial charge in [0, 0.05) is 23.8 Å². The number of halogens is 1. The van der Waals surface area contributed by atoms with E-state index < -0.39 is 12.1 Å². The van der Waals surface area contributed by atoms with Gasteiger partial charge in [-0.2, -0.15) is 0 Å². The summed E-state index contributed by atoms with van der Waals surface area (Å²) < 4.78 is 5.91. The van der Waals surface area contributed by atoms with Crippen LogP contribution in [0.3, 0.4) is 0 Å². The van der Waals surface area contributed by atoms with E-state index in [0.29, 0.717) is 5.69 Å². The molecule has 1 fully saturated rings. The molecular weight excluding hydrogens is 300 g/mol. The molecule has 2 rings (SSSR count). The Hall–Kier alpha value is -1.30. The Labute approximate surface area is 114 Å². The first-order chi connectivity index (χ1) is 8.58. The van der Waals surface area contributed by atoms with Gasteiger partial charge < -0.3 is 14.6 Å². The van der Waals surface area contributed by atoms with E-state index in [4.69, 9.17) is 4.74 Å². The molecule has 1 saturated heterocycles. The molecule has 0 aliphatic carbocycles. The lowest BCUT2D eigenvalue weighted by Crippen LogP contribution is -2.38. The molecule has 2 heterocycles. The summed E-state index contributed by atoms with van der Waals surface area (Å²) in [6.45, 7) is 3.13. The van der Waals surface area contributed by atoms with Crippen LogP contribution in [0.5, 0.6) is 0 Å². The summed E-state index contributed by atoms with van der Waals surface area (Å²) in [6.07, 6.45) is 2.95. The highest BCUT2D eigenvalue weighted by Gasteiger charge is 2.26. The molecule has 1 aromatic heterocycles. The Balaban J connectivity index is 1.92. The smallest absolute Gasteiger partial charge is 0.355 e. The number of aromatic nitrogens is 1. The Kier molecular flexibility index (Phi) is 4.06. The summed E-state index contributed by atoms with van der Waals surface area (Å²) in [5.74, 6) is -0.632. The summed E-state index contributed by atoms with van der Waals surface area (Å²) in [5.41, 5.74) is 0.336. The summed E-state index contributed by atoms with van der Waals surface area (Å²) in [6, 6.07) is 1.62. The fraction of sp³-hybridized carbons (Fsp3) is 0.500. The summed E-state index contributed by atoms with van der Waals surface area (Å²) in [5, 5.41) is 0. The highest BCUT2D eigenvalue weighted by molar-refractivity contribution is 9.10. The molecule has 0 saturated carbocycles. The van der Waals surface area contributed by atoms with Crippen LogP contribution in [0.25, 0.3) is 0 Å². The number of amides is 1. The van der Waals surface area contributed by atoms with E-state index in [0.717, 1.165) is 30.4 Å². The van der Waals surface area contributed by atoms with Crippen molar-refractivity contribution < 1.29 is 14.3 Å². The van der Waals surface area contributed by atoms with Gasteiger partial charge in [0.25, 0.3) is 5.91 Å². The highest BCUT2D eigenvalue weighted by Crippen LogP contribution is 2.14. The third-order valence-corrected chi connectivity index (χ3v) is 3.37. The number of rotatable bonds is 3. The van der Waals surface area contributed by atoms with E-state index in [1.54, 1.807) is 24.1 Å². The van der Waals surface area contributed by atoms with Crippen molar-refractivity contribution in [3.8, 4) is 0 Å². The van der Waals surface area contributed by atoms with Crippen molar-refractivity contribution >= 4 is 27.8 Å². The van der Waals surface area contributed by atoms with E-state index in [-0.39, 0.29) is 5.91 Å². The number of nitrogens with zero attached hydrogens (tertiary/aromatic N) is 1. The molecule has 1 N–H and O–H groups in total. The zero-order chi connectivity index (χ0) is 13.1. The van der Waals surface area contributed by atoms with Gasteiger partial charge in [-0.15, -0.1) is 0 Å². The van der Waals surface area contributed by atoms with Crippen LogP contribution in [0.4, 0.5) is 0 Å². The minimum Gasteiger partial charge on any atom is -0.448 e.